The minimum absolute atomic E-state index is 0.0367. The van der Waals surface area contributed by atoms with Crippen LogP contribution in [0.15, 0.2) is 0 Å². The minimum atomic E-state index is -0.0990. The largest absolute Gasteiger partial charge is 0.374 e. The fourth-order valence-corrected chi connectivity index (χ4v) is 3.00. The Balaban J connectivity index is 2.10. The summed E-state index contributed by atoms with van der Waals surface area (Å²) < 4.78 is 5.96. The number of hydrogen-bond donors (Lipinski definition) is 0. The van der Waals surface area contributed by atoms with Crippen LogP contribution in [0, 0.1) is 6.57 Å². The molecule has 0 spiro atoms. The molecule has 90 valence electrons. The maximum atomic E-state index is 7.35. The second kappa shape index (κ2) is 4.01. The van der Waals surface area contributed by atoms with Crippen molar-refractivity contribution in [2.75, 3.05) is 19.7 Å². The average Bonchev–Trinajstić information content (AvgIpc) is 2.70. The van der Waals surface area contributed by atoms with Gasteiger partial charge >= 0.3 is 0 Å². The zero-order chi connectivity index (χ0) is 11.8. The van der Waals surface area contributed by atoms with Gasteiger partial charge in [0, 0.05) is 13.0 Å². The lowest BCUT2D eigenvalue weighted by atomic mass is 9.90. The SMILES string of the molecule is [C-]#[N+][C@H]1CCN2CCC[C@@]12COC(C)(C)C. The van der Waals surface area contributed by atoms with Crippen LogP contribution in [0.5, 0.6) is 0 Å². The summed E-state index contributed by atoms with van der Waals surface area (Å²) in [5.41, 5.74) is -0.0623. The Morgan fingerprint density at radius 1 is 1.44 bits per heavy atom. The molecule has 0 saturated carbocycles. The van der Waals surface area contributed by atoms with Crippen LogP contribution < -0.4 is 0 Å². The topological polar surface area (TPSA) is 16.8 Å². The summed E-state index contributed by atoms with van der Waals surface area (Å²) in [6.07, 6.45) is 3.38. The predicted octanol–water partition coefficient (Wildman–Crippen LogP) is 2.33. The highest BCUT2D eigenvalue weighted by Gasteiger charge is 2.56. The highest BCUT2D eigenvalue weighted by Crippen LogP contribution is 2.41. The molecule has 16 heavy (non-hydrogen) atoms. The molecule has 0 bridgehead atoms. The van der Waals surface area contributed by atoms with Gasteiger partial charge in [0.2, 0.25) is 6.04 Å². The third-order valence-corrected chi connectivity index (χ3v) is 3.87. The monoisotopic (exact) mass is 222 g/mol. The Hall–Kier alpha value is -0.590. The van der Waals surface area contributed by atoms with Gasteiger partial charge < -0.3 is 9.58 Å². The molecule has 0 N–H and O–H groups in total. The molecule has 3 nitrogen and oxygen atoms in total. The first-order valence-electron chi connectivity index (χ1n) is 6.23. The molecule has 2 fully saturated rings. The molecular formula is C13H22N2O. The quantitative estimate of drug-likeness (QED) is 0.667. The summed E-state index contributed by atoms with van der Waals surface area (Å²) in [7, 11) is 0. The maximum Gasteiger partial charge on any atom is 0.245 e. The zero-order valence-electron chi connectivity index (χ0n) is 10.6. The van der Waals surface area contributed by atoms with Gasteiger partial charge in [0.05, 0.1) is 12.2 Å². The molecule has 3 heteroatoms. The van der Waals surface area contributed by atoms with Crippen LogP contribution in [0.3, 0.4) is 0 Å². The highest BCUT2D eigenvalue weighted by molar-refractivity contribution is 5.13. The zero-order valence-corrected chi connectivity index (χ0v) is 10.6. The van der Waals surface area contributed by atoms with Gasteiger partial charge in [0.1, 0.15) is 5.54 Å². The Kier molecular flexibility index (Phi) is 2.98. The summed E-state index contributed by atoms with van der Waals surface area (Å²) in [5, 5.41) is 0. The van der Waals surface area contributed by atoms with E-state index >= 15 is 0 Å². The summed E-state index contributed by atoms with van der Waals surface area (Å²) >= 11 is 0. The van der Waals surface area contributed by atoms with Crippen LogP contribution >= 0.6 is 0 Å². The van der Waals surface area contributed by atoms with Crippen LogP contribution in [0.2, 0.25) is 0 Å². The van der Waals surface area contributed by atoms with E-state index in [0.717, 1.165) is 32.5 Å². The lowest BCUT2D eigenvalue weighted by molar-refractivity contribution is -0.0533. The van der Waals surface area contributed by atoms with Crippen molar-refractivity contribution < 1.29 is 4.74 Å². The Morgan fingerprint density at radius 3 is 2.81 bits per heavy atom. The van der Waals surface area contributed by atoms with E-state index in [1.807, 2.05) is 0 Å². The Labute approximate surface area is 98.6 Å². The first-order chi connectivity index (χ1) is 7.48. The van der Waals surface area contributed by atoms with E-state index in [1.165, 1.54) is 6.42 Å². The molecule has 0 aromatic carbocycles. The van der Waals surface area contributed by atoms with Gasteiger partial charge in [-0.15, -0.1) is 0 Å². The lowest BCUT2D eigenvalue weighted by Gasteiger charge is -2.34. The van der Waals surface area contributed by atoms with Gasteiger partial charge in [0.25, 0.3) is 0 Å². The van der Waals surface area contributed by atoms with Crippen molar-refractivity contribution in [3.8, 4) is 0 Å². The molecule has 2 saturated heterocycles. The van der Waals surface area contributed by atoms with E-state index < -0.39 is 0 Å². The molecule has 0 aromatic rings. The van der Waals surface area contributed by atoms with Crippen molar-refractivity contribution in [1.82, 2.24) is 4.90 Å². The van der Waals surface area contributed by atoms with Crippen LogP contribution in [0.25, 0.3) is 4.85 Å². The van der Waals surface area contributed by atoms with E-state index in [9.17, 15) is 0 Å². The molecule has 2 rings (SSSR count). The average molecular weight is 222 g/mol. The lowest BCUT2D eigenvalue weighted by Crippen LogP contribution is -2.50. The maximum absolute atomic E-state index is 7.35. The predicted molar refractivity (Wildman–Crippen MR) is 64.3 cm³/mol. The summed E-state index contributed by atoms with van der Waals surface area (Å²) in [6, 6.07) is 0.150. The second-order valence-electron chi connectivity index (χ2n) is 6.03. The Morgan fingerprint density at radius 2 is 2.19 bits per heavy atom. The third kappa shape index (κ3) is 1.97. The molecule has 0 radical (unpaired) electrons. The number of ether oxygens (including phenoxy) is 1. The fraction of sp³-hybridized carbons (Fsp3) is 0.923. The molecular weight excluding hydrogens is 200 g/mol. The van der Waals surface area contributed by atoms with Gasteiger partial charge in [-0.3, -0.25) is 4.90 Å². The second-order valence-corrected chi connectivity index (χ2v) is 6.03. The summed E-state index contributed by atoms with van der Waals surface area (Å²) in [5.74, 6) is 0. The minimum Gasteiger partial charge on any atom is -0.374 e. The first-order valence-corrected chi connectivity index (χ1v) is 6.23. The molecule has 2 aliphatic rings. The Bertz CT molecular complexity index is 302. The number of fused-ring (bicyclic) bond motifs is 1. The molecule has 0 aliphatic carbocycles. The molecule has 2 aliphatic heterocycles. The van der Waals surface area contributed by atoms with Crippen molar-refractivity contribution in [3.05, 3.63) is 11.4 Å². The normalized spacial score (nSPS) is 35.0. The fourth-order valence-electron chi connectivity index (χ4n) is 3.00. The van der Waals surface area contributed by atoms with Crippen LogP contribution in [-0.4, -0.2) is 41.8 Å². The van der Waals surface area contributed by atoms with Gasteiger partial charge in [0.15, 0.2) is 0 Å². The summed E-state index contributed by atoms with van der Waals surface area (Å²) in [6.45, 7) is 16.6. The molecule has 0 unspecified atom stereocenters. The van der Waals surface area contributed by atoms with Gasteiger partial charge in [-0.2, -0.15) is 0 Å². The van der Waals surface area contributed by atoms with Gasteiger partial charge in [-0.25, -0.2) is 6.57 Å². The van der Waals surface area contributed by atoms with Crippen molar-refractivity contribution in [1.29, 1.82) is 0 Å². The van der Waals surface area contributed by atoms with Crippen LogP contribution in [-0.2, 0) is 4.74 Å². The summed E-state index contributed by atoms with van der Waals surface area (Å²) in [4.78, 5) is 6.32. The number of hydrogen-bond acceptors (Lipinski definition) is 2. The number of nitrogens with zero attached hydrogens (tertiary/aromatic N) is 2. The van der Waals surface area contributed by atoms with E-state index in [1.54, 1.807) is 0 Å². The van der Waals surface area contributed by atoms with E-state index in [0.29, 0.717) is 0 Å². The number of rotatable bonds is 2. The third-order valence-electron chi connectivity index (χ3n) is 3.87. The molecule has 2 atom stereocenters. The standard InChI is InChI=1S/C13H22N2O/c1-12(2,3)16-10-13-7-5-8-15(13)9-6-11(13)14-4/h11H,5-10H2,1-3H3/t11-,13+/m0/s1. The van der Waals surface area contributed by atoms with Crippen molar-refractivity contribution in [3.63, 3.8) is 0 Å². The van der Waals surface area contributed by atoms with Crippen molar-refractivity contribution in [2.45, 2.75) is 57.2 Å². The van der Waals surface area contributed by atoms with Crippen molar-refractivity contribution in [2.24, 2.45) is 0 Å². The highest BCUT2D eigenvalue weighted by atomic mass is 16.5. The smallest absolute Gasteiger partial charge is 0.245 e. The van der Waals surface area contributed by atoms with Gasteiger partial charge in [-0.1, -0.05) is 0 Å². The van der Waals surface area contributed by atoms with Crippen molar-refractivity contribution >= 4 is 0 Å². The van der Waals surface area contributed by atoms with Crippen LogP contribution in [0.4, 0.5) is 0 Å². The van der Waals surface area contributed by atoms with E-state index in [2.05, 4.69) is 30.5 Å². The van der Waals surface area contributed by atoms with Crippen LogP contribution in [0.1, 0.15) is 40.0 Å². The first kappa shape index (κ1) is 11.9. The van der Waals surface area contributed by atoms with Gasteiger partial charge in [-0.05, 0) is 40.2 Å². The molecule has 0 aromatic heterocycles. The van der Waals surface area contributed by atoms with E-state index in [4.69, 9.17) is 11.3 Å². The van der Waals surface area contributed by atoms with E-state index in [-0.39, 0.29) is 17.2 Å². The molecule has 0 amide bonds. The molecule has 2 heterocycles.